The highest BCUT2D eigenvalue weighted by Gasteiger charge is 2.23. The van der Waals surface area contributed by atoms with Gasteiger partial charge in [-0.05, 0) is 25.7 Å². The molecule has 0 bridgehead atoms. The van der Waals surface area contributed by atoms with Crippen LogP contribution in [0.3, 0.4) is 0 Å². The standard InChI is InChI=1S/C14H24N6O/c1-2-19(10-11-4-3-5-11)13-16-12(15)17-14(18-13)20-6-8-21-9-7-20/h11H,2-10H2,1H3,(H2,15,16,17,18). The maximum absolute atomic E-state index is 5.89. The van der Waals surface area contributed by atoms with Crippen LogP contribution in [0.25, 0.3) is 0 Å². The average molecular weight is 292 g/mol. The van der Waals surface area contributed by atoms with E-state index in [4.69, 9.17) is 10.5 Å². The van der Waals surface area contributed by atoms with Crippen LogP contribution < -0.4 is 15.5 Å². The van der Waals surface area contributed by atoms with Crippen LogP contribution in [0.5, 0.6) is 0 Å². The second kappa shape index (κ2) is 6.43. The van der Waals surface area contributed by atoms with Gasteiger partial charge in [0, 0.05) is 26.2 Å². The summed E-state index contributed by atoms with van der Waals surface area (Å²) in [4.78, 5) is 17.6. The number of morpholine rings is 1. The maximum Gasteiger partial charge on any atom is 0.232 e. The molecule has 1 aliphatic heterocycles. The van der Waals surface area contributed by atoms with Crippen molar-refractivity contribution >= 4 is 17.8 Å². The van der Waals surface area contributed by atoms with Gasteiger partial charge in [-0.1, -0.05) is 6.42 Å². The number of ether oxygens (including phenoxy) is 1. The Bertz CT molecular complexity index is 473. The van der Waals surface area contributed by atoms with E-state index in [-0.39, 0.29) is 0 Å². The zero-order valence-corrected chi connectivity index (χ0v) is 12.7. The third kappa shape index (κ3) is 3.34. The molecule has 2 N–H and O–H groups in total. The second-order valence-corrected chi connectivity index (χ2v) is 5.73. The SMILES string of the molecule is CCN(CC1CCC1)c1nc(N)nc(N2CCOCC2)n1. The van der Waals surface area contributed by atoms with Crippen LogP contribution in [-0.2, 0) is 4.74 Å². The Morgan fingerprint density at radius 2 is 2.00 bits per heavy atom. The molecular weight excluding hydrogens is 268 g/mol. The molecule has 21 heavy (non-hydrogen) atoms. The highest BCUT2D eigenvalue weighted by atomic mass is 16.5. The van der Waals surface area contributed by atoms with Crippen molar-refractivity contribution in [3.8, 4) is 0 Å². The minimum absolute atomic E-state index is 0.300. The molecule has 1 aromatic heterocycles. The summed E-state index contributed by atoms with van der Waals surface area (Å²) >= 11 is 0. The Morgan fingerprint density at radius 1 is 1.24 bits per heavy atom. The molecule has 1 saturated carbocycles. The quantitative estimate of drug-likeness (QED) is 0.864. The molecule has 2 heterocycles. The number of nitrogens with two attached hydrogens (primary N) is 1. The van der Waals surface area contributed by atoms with Crippen molar-refractivity contribution in [3.05, 3.63) is 0 Å². The van der Waals surface area contributed by atoms with Crippen LogP contribution in [-0.4, -0.2) is 54.3 Å². The summed E-state index contributed by atoms with van der Waals surface area (Å²) in [5.41, 5.74) is 5.89. The number of aromatic nitrogens is 3. The van der Waals surface area contributed by atoms with E-state index in [1.54, 1.807) is 0 Å². The van der Waals surface area contributed by atoms with E-state index < -0.39 is 0 Å². The van der Waals surface area contributed by atoms with Gasteiger partial charge in [-0.2, -0.15) is 15.0 Å². The van der Waals surface area contributed by atoms with Crippen LogP contribution in [0.15, 0.2) is 0 Å². The number of rotatable bonds is 5. The minimum atomic E-state index is 0.300. The Morgan fingerprint density at radius 3 is 2.62 bits per heavy atom. The first kappa shape index (κ1) is 14.3. The Balaban J connectivity index is 1.77. The van der Waals surface area contributed by atoms with Crippen molar-refractivity contribution in [1.29, 1.82) is 0 Å². The zero-order chi connectivity index (χ0) is 14.7. The van der Waals surface area contributed by atoms with Crippen LogP contribution in [0.2, 0.25) is 0 Å². The van der Waals surface area contributed by atoms with Crippen LogP contribution in [0.4, 0.5) is 17.8 Å². The van der Waals surface area contributed by atoms with E-state index >= 15 is 0 Å². The van der Waals surface area contributed by atoms with Crippen LogP contribution >= 0.6 is 0 Å². The van der Waals surface area contributed by atoms with Gasteiger partial charge in [-0.3, -0.25) is 0 Å². The minimum Gasteiger partial charge on any atom is -0.378 e. The average Bonchev–Trinajstić information content (AvgIpc) is 2.46. The van der Waals surface area contributed by atoms with Crippen molar-refractivity contribution in [2.45, 2.75) is 26.2 Å². The Labute approximate surface area is 125 Å². The van der Waals surface area contributed by atoms with Gasteiger partial charge < -0.3 is 20.3 Å². The molecule has 0 radical (unpaired) electrons. The fraction of sp³-hybridized carbons (Fsp3) is 0.786. The third-order valence-corrected chi connectivity index (χ3v) is 4.29. The van der Waals surface area contributed by atoms with E-state index in [0.717, 1.165) is 32.1 Å². The Hall–Kier alpha value is -1.63. The first-order valence-electron chi connectivity index (χ1n) is 7.85. The molecule has 2 fully saturated rings. The Kier molecular flexibility index (Phi) is 4.38. The van der Waals surface area contributed by atoms with Crippen LogP contribution in [0, 0.1) is 5.92 Å². The number of nitrogen functional groups attached to an aromatic ring is 1. The third-order valence-electron chi connectivity index (χ3n) is 4.29. The predicted molar refractivity (Wildman–Crippen MR) is 82.5 cm³/mol. The smallest absolute Gasteiger partial charge is 0.232 e. The predicted octanol–water partition coefficient (Wildman–Crippen LogP) is 0.917. The van der Waals surface area contributed by atoms with Gasteiger partial charge >= 0.3 is 0 Å². The largest absolute Gasteiger partial charge is 0.378 e. The molecule has 3 rings (SSSR count). The van der Waals surface area contributed by atoms with E-state index in [9.17, 15) is 0 Å². The lowest BCUT2D eigenvalue weighted by atomic mass is 9.85. The molecule has 2 aliphatic rings. The first-order chi connectivity index (χ1) is 10.3. The molecule has 116 valence electrons. The fourth-order valence-electron chi connectivity index (χ4n) is 2.75. The number of nitrogens with zero attached hydrogens (tertiary/aromatic N) is 5. The van der Waals surface area contributed by atoms with Crippen molar-refractivity contribution in [2.24, 2.45) is 5.92 Å². The molecule has 1 saturated heterocycles. The highest BCUT2D eigenvalue weighted by molar-refractivity contribution is 5.43. The summed E-state index contributed by atoms with van der Waals surface area (Å²) in [6, 6.07) is 0. The van der Waals surface area contributed by atoms with Crippen LogP contribution in [0.1, 0.15) is 26.2 Å². The normalized spacial score (nSPS) is 19.4. The zero-order valence-electron chi connectivity index (χ0n) is 12.7. The molecule has 0 atom stereocenters. The number of hydrogen-bond donors (Lipinski definition) is 1. The molecule has 0 spiro atoms. The number of hydrogen-bond acceptors (Lipinski definition) is 7. The highest BCUT2D eigenvalue weighted by Crippen LogP contribution is 2.28. The van der Waals surface area contributed by atoms with Gasteiger partial charge in [0.2, 0.25) is 17.8 Å². The molecule has 0 aromatic carbocycles. The summed E-state index contributed by atoms with van der Waals surface area (Å²) in [6.45, 7) is 7.06. The van der Waals surface area contributed by atoms with E-state index in [0.29, 0.717) is 31.1 Å². The monoisotopic (exact) mass is 292 g/mol. The van der Waals surface area contributed by atoms with Gasteiger partial charge in [-0.25, -0.2) is 0 Å². The fourth-order valence-corrected chi connectivity index (χ4v) is 2.75. The molecule has 0 unspecified atom stereocenters. The van der Waals surface area contributed by atoms with Crippen molar-refractivity contribution < 1.29 is 4.74 Å². The molecule has 1 aliphatic carbocycles. The van der Waals surface area contributed by atoms with Gasteiger partial charge in [0.15, 0.2) is 0 Å². The van der Waals surface area contributed by atoms with Gasteiger partial charge in [-0.15, -0.1) is 0 Å². The summed E-state index contributed by atoms with van der Waals surface area (Å²) in [5.74, 6) is 2.45. The summed E-state index contributed by atoms with van der Waals surface area (Å²) in [7, 11) is 0. The number of anilines is 3. The second-order valence-electron chi connectivity index (χ2n) is 5.73. The summed E-state index contributed by atoms with van der Waals surface area (Å²) in [5, 5.41) is 0. The lowest BCUT2D eigenvalue weighted by molar-refractivity contribution is 0.122. The van der Waals surface area contributed by atoms with E-state index in [1.165, 1.54) is 19.3 Å². The van der Waals surface area contributed by atoms with Gasteiger partial charge in [0.25, 0.3) is 0 Å². The van der Waals surface area contributed by atoms with E-state index in [1.807, 2.05) is 0 Å². The summed E-state index contributed by atoms with van der Waals surface area (Å²) in [6.07, 6.45) is 3.97. The summed E-state index contributed by atoms with van der Waals surface area (Å²) < 4.78 is 5.37. The van der Waals surface area contributed by atoms with Crippen molar-refractivity contribution in [2.75, 3.05) is 54.9 Å². The molecule has 7 nitrogen and oxygen atoms in total. The lowest BCUT2D eigenvalue weighted by Crippen LogP contribution is -2.38. The molecule has 0 amide bonds. The topological polar surface area (TPSA) is 80.4 Å². The maximum atomic E-state index is 5.89. The van der Waals surface area contributed by atoms with Crippen molar-refractivity contribution in [1.82, 2.24) is 15.0 Å². The van der Waals surface area contributed by atoms with Gasteiger partial charge in [0.1, 0.15) is 0 Å². The lowest BCUT2D eigenvalue weighted by Gasteiger charge is -2.32. The molecule has 7 heteroatoms. The molecular formula is C14H24N6O. The van der Waals surface area contributed by atoms with Crippen molar-refractivity contribution in [3.63, 3.8) is 0 Å². The first-order valence-corrected chi connectivity index (χ1v) is 7.85. The van der Waals surface area contributed by atoms with E-state index in [2.05, 4.69) is 31.7 Å². The molecule has 1 aromatic rings. The van der Waals surface area contributed by atoms with Gasteiger partial charge in [0.05, 0.1) is 13.2 Å².